The zero-order chi connectivity index (χ0) is 38.7. The summed E-state index contributed by atoms with van der Waals surface area (Å²) in [6.45, 7) is 4.65. The second-order valence-corrected chi connectivity index (χ2v) is 16.9. The van der Waals surface area contributed by atoms with E-state index >= 15 is 0 Å². The summed E-state index contributed by atoms with van der Waals surface area (Å²) in [6, 6.07) is 62.3. The highest BCUT2D eigenvalue weighted by atomic mass is 15.2. The molecule has 0 unspecified atom stereocenters. The van der Waals surface area contributed by atoms with Gasteiger partial charge in [-0.15, -0.1) is 0 Å². The molecule has 1 aliphatic carbocycles. The summed E-state index contributed by atoms with van der Waals surface area (Å²) >= 11 is 0. The van der Waals surface area contributed by atoms with Crippen LogP contribution in [0.5, 0.6) is 0 Å². The molecular formula is C55H34N4. The predicted molar refractivity (Wildman–Crippen MR) is 247 cm³/mol. The van der Waals surface area contributed by atoms with Crippen LogP contribution in [0.15, 0.2) is 170 Å². The molecule has 14 rings (SSSR count). The Morgan fingerprint density at radius 1 is 0.424 bits per heavy atom. The Morgan fingerprint density at radius 2 is 1.03 bits per heavy atom. The molecule has 0 saturated heterocycles. The molecular weight excluding hydrogens is 717 g/mol. The maximum atomic E-state index is 5.75. The first-order valence-electron chi connectivity index (χ1n) is 20.5. The van der Waals surface area contributed by atoms with E-state index in [9.17, 15) is 0 Å². The van der Waals surface area contributed by atoms with Gasteiger partial charge in [-0.05, 0) is 39.2 Å². The summed E-state index contributed by atoms with van der Waals surface area (Å²) in [4.78, 5) is 11.4. The van der Waals surface area contributed by atoms with Crippen LogP contribution < -0.4 is 0 Å². The number of rotatable bonds is 2. The smallest absolute Gasteiger partial charge is 0.235 e. The van der Waals surface area contributed by atoms with E-state index in [2.05, 4.69) is 193 Å². The molecule has 0 N–H and O–H groups in total. The zero-order valence-electron chi connectivity index (χ0n) is 32.5. The Kier molecular flexibility index (Phi) is 5.81. The van der Waals surface area contributed by atoms with Crippen molar-refractivity contribution in [2.24, 2.45) is 0 Å². The van der Waals surface area contributed by atoms with Crippen molar-refractivity contribution in [3.8, 4) is 28.5 Å². The van der Waals surface area contributed by atoms with Crippen molar-refractivity contribution in [3.05, 3.63) is 181 Å². The van der Waals surface area contributed by atoms with Crippen LogP contribution in [-0.4, -0.2) is 18.9 Å². The van der Waals surface area contributed by atoms with Gasteiger partial charge in [-0.25, -0.2) is 9.97 Å². The molecule has 0 aliphatic heterocycles. The number of para-hydroxylation sites is 2. The minimum Gasteiger partial charge on any atom is -0.307 e. The molecule has 4 nitrogen and oxygen atoms in total. The Morgan fingerprint density at radius 3 is 1.92 bits per heavy atom. The van der Waals surface area contributed by atoms with Crippen LogP contribution in [0.3, 0.4) is 0 Å². The van der Waals surface area contributed by atoms with Crippen LogP contribution in [0.1, 0.15) is 25.0 Å². The Labute approximate surface area is 338 Å². The van der Waals surface area contributed by atoms with Gasteiger partial charge < -0.3 is 4.40 Å². The minimum absolute atomic E-state index is 0.296. The lowest BCUT2D eigenvalue weighted by molar-refractivity contribution is 0.657. The van der Waals surface area contributed by atoms with Gasteiger partial charge in [0.05, 0.1) is 39.0 Å². The maximum Gasteiger partial charge on any atom is 0.235 e. The van der Waals surface area contributed by atoms with E-state index < -0.39 is 0 Å². The van der Waals surface area contributed by atoms with Gasteiger partial charge in [0.2, 0.25) is 5.95 Å². The zero-order valence-corrected chi connectivity index (χ0v) is 32.5. The summed E-state index contributed by atoms with van der Waals surface area (Å²) in [5.74, 6) is 0.680. The molecule has 274 valence electrons. The second-order valence-electron chi connectivity index (χ2n) is 16.9. The van der Waals surface area contributed by atoms with Gasteiger partial charge in [-0.3, -0.25) is 4.57 Å². The number of aromatic nitrogens is 4. The average Bonchev–Trinajstić information content (AvgIpc) is 3.99. The minimum atomic E-state index is -0.296. The summed E-state index contributed by atoms with van der Waals surface area (Å²) in [7, 11) is 0. The van der Waals surface area contributed by atoms with E-state index in [1.165, 1.54) is 97.9 Å². The molecule has 1 aliphatic rings. The first kappa shape index (κ1) is 31.5. The van der Waals surface area contributed by atoms with Crippen molar-refractivity contribution in [2.45, 2.75) is 19.3 Å². The molecule has 0 radical (unpaired) electrons. The van der Waals surface area contributed by atoms with Gasteiger partial charge in [0.25, 0.3) is 0 Å². The molecule has 0 spiro atoms. The van der Waals surface area contributed by atoms with Crippen molar-refractivity contribution in [3.63, 3.8) is 0 Å². The first-order valence-corrected chi connectivity index (χ1v) is 20.5. The summed E-state index contributed by atoms with van der Waals surface area (Å²) in [5, 5.41) is 14.8. The number of nitrogens with zero attached hydrogens (tertiary/aromatic N) is 4. The topological polar surface area (TPSA) is 35.1 Å². The average molecular weight is 751 g/mol. The van der Waals surface area contributed by atoms with E-state index in [-0.39, 0.29) is 5.41 Å². The molecule has 0 atom stereocenters. The fourth-order valence-corrected chi connectivity index (χ4v) is 11.1. The lowest BCUT2D eigenvalue weighted by atomic mass is 9.80. The number of benzene rings is 9. The third-order valence-electron chi connectivity index (χ3n) is 13.6. The van der Waals surface area contributed by atoms with Gasteiger partial charge in [0, 0.05) is 65.2 Å². The molecule has 13 aromatic rings. The van der Waals surface area contributed by atoms with Gasteiger partial charge in [-0.2, -0.15) is 0 Å². The molecule has 9 aromatic carbocycles. The molecule has 4 aromatic heterocycles. The highest BCUT2D eigenvalue weighted by Gasteiger charge is 2.40. The van der Waals surface area contributed by atoms with Gasteiger partial charge in [0.1, 0.15) is 0 Å². The van der Waals surface area contributed by atoms with E-state index in [4.69, 9.17) is 9.97 Å². The summed E-state index contributed by atoms with van der Waals surface area (Å²) in [6.07, 6.45) is 0. The van der Waals surface area contributed by atoms with E-state index in [0.717, 1.165) is 28.0 Å². The highest BCUT2D eigenvalue weighted by molar-refractivity contribution is 6.40. The lowest BCUT2D eigenvalue weighted by Gasteiger charge is -2.24. The largest absolute Gasteiger partial charge is 0.307 e. The fraction of sp³-hybridized carbons (Fsp3) is 0.0545. The standard InChI is InChI=1S/C55H34N4/c1-55(2)43-24-11-9-20-40(43)49-47(55)48(34-27-26-31-14-3-4-16-33(31)30-34)56-54(57-49)58-44-25-12-10-21-41(44)46-52(58)37-19-8-7-18-36(37)45-42-23-13-22-38-39-29-28-32-15-5-6-17-35(32)50(39)59(51(38)42)53(45)46/h3-30H,1-2H3. The van der Waals surface area contributed by atoms with Gasteiger partial charge in [-0.1, -0.05) is 172 Å². The number of fused-ring (bicyclic) bond motifs is 19. The molecule has 0 saturated carbocycles. The quantitative estimate of drug-likeness (QED) is 0.176. The molecule has 4 heteroatoms. The SMILES string of the molecule is CC1(C)c2ccccc2-c2nc(-n3c4ccccc4c4c3c3ccccc3c3c5cccc6c7ccc8ccccc8c7n(c65)c34)nc(-c3ccc4ccccc4c3)c21. The normalized spacial score (nSPS) is 13.7. The third kappa shape index (κ3) is 3.85. The highest BCUT2D eigenvalue weighted by Crippen LogP contribution is 2.53. The summed E-state index contributed by atoms with van der Waals surface area (Å²) < 4.78 is 4.96. The molecule has 4 heterocycles. The van der Waals surface area contributed by atoms with Crippen LogP contribution in [0, 0.1) is 0 Å². The Balaban J connectivity index is 1.21. The van der Waals surface area contributed by atoms with Crippen molar-refractivity contribution >= 4 is 92.2 Å². The molecule has 59 heavy (non-hydrogen) atoms. The van der Waals surface area contributed by atoms with Gasteiger partial charge >= 0.3 is 0 Å². The van der Waals surface area contributed by atoms with E-state index in [0.29, 0.717) is 5.95 Å². The van der Waals surface area contributed by atoms with Crippen LogP contribution in [0.25, 0.3) is 121 Å². The van der Waals surface area contributed by atoms with Crippen LogP contribution in [0.4, 0.5) is 0 Å². The molecule has 0 bridgehead atoms. The van der Waals surface area contributed by atoms with Gasteiger partial charge in [0.15, 0.2) is 0 Å². The van der Waals surface area contributed by atoms with Crippen molar-refractivity contribution < 1.29 is 0 Å². The van der Waals surface area contributed by atoms with E-state index in [1.807, 2.05) is 0 Å². The predicted octanol–water partition coefficient (Wildman–Crippen LogP) is 14.2. The first-order chi connectivity index (χ1) is 29.1. The Hall–Kier alpha value is -7.56. The maximum absolute atomic E-state index is 5.75. The number of hydrogen-bond donors (Lipinski definition) is 0. The lowest BCUT2D eigenvalue weighted by Crippen LogP contribution is -2.18. The van der Waals surface area contributed by atoms with Crippen molar-refractivity contribution in [2.75, 3.05) is 0 Å². The van der Waals surface area contributed by atoms with Crippen LogP contribution in [-0.2, 0) is 5.41 Å². The van der Waals surface area contributed by atoms with Crippen LogP contribution in [0.2, 0.25) is 0 Å². The van der Waals surface area contributed by atoms with Crippen molar-refractivity contribution in [1.82, 2.24) is 18.9 Å². The van der Waals surface area contributed by atoms with E-state index in [1.54, 1.807) is 0 Å². The van der Waals surface area contributed by atoms with Crippen molar-refractivity contribution in [1.29, 1.82) is 0 Å². The monoisotopic (exact) mass is 750 g/mol. The third-order valence-corrected chi connectivity index (χ3v) is 13.6. The number of hydrogen-bond acceptors (Lipinski definition) is 2. The van der Waals surface area contributed by atoms with Crippen LogP contribution >= 0.6 is 0 Å². The second kappa shape index (κ2) is 10.9. The Bertz CT molecular complexity index is 3990. The molecule has 0 amide bonds. The molecule has 0 fully saturated rings. The fourth-order valence-electron chi connectivity index (χ4n) is 11.1. The summed E-state index contributed by atoms with van der Waals surface area (Å²) in [5.41, 5.74) is 12.4.